The number of hydrogen-bond donors (Lipinski definition) is 2. The lowest BCUT2D eigenvalue weighted by Gasteiger charge is -2.19. The molecule has 0 bridgehead atoms. The maximum atomic E-state index is 11.9. The van der Waals surface area contributed by atoms with E-state index in [9.17, 15) is 4.79 Å². The molecule has 0 aliphatic rings. The fourth-order valence-electron chi connectivity index (χ4n) is 2.22. The van der Waals surface area contributed by atoms with E-state index in [0.29, 0.717) is 12.5 Å². The Hall–Kier alpha value is -1.55. The van der Waals surface area contributed by atoms with Crippen LogP contribution in [0, 0.1) is 19.8 Å². The van der Waals surface area contributed by atoms with E-state index in [1.165, 1.54) is 0 Å². The predicted molar refractivity (Wildman–Crippen MR) is 81.9 cm³/mol. The first-order valence-electron chi connectivity index (χ1n) is 7.12. The average Bonchev–Trinajstić information content (AvgIpc) is 2.36. The molecular weight excluding hydrogens is 252 g/mol. The van der Waals surface area contributed by atoms with Crippen LogP contribution in [0.5, 0.6) is 5.75 Å². The maximum absolute atomic E-state index is 11.9. The topological polar surface area (TPSA) is 64.3 Å². The Morgan fingerprint density at radius 1 is 1.30 bits per heavy atom. The van der Waals surface area contributed by atoms with Crippen molar-refractivity contribution < 1.29 is 9.53 Å². The number of carbonyl (C=O) groups excluding carboxylic acids is 1. The fourth-order valence-corrected chi connectivity index (χ4v) is 2.22. The zero-order valence-electron chi connectivity index (χ0n) is 12.9. The summed E-state index contributed by atoms with van der Waals surface area (Å²) in [7, 11) is 0. The van der Waals surface area contributed by atoms with Gasteiger partial charge in [0.2, 0.25) is 0 Å². The van der Waals surface area contributed by atoms with E-state index in [4.69, 9.17) is 10.5 Å². The van der Waals surface area contributed by atoms with Gasteiger partial charge in [0, 0.05) is 12.6 Å². The number of para-hydroxylation sites is 1. The molecular formula is C16H26N2O2. The summed E-state index contributed by atoms with van der Waals surface area (Å²) in [5, 5.41) is 2.92. The minimum absolute atomic E-state index is 0.0177. The molecule has 0 aliphatic heterocycles. The van der Waals surface area contributed by atoms with Crippen LogP contribution < -0.4 is 15.8 Å². The van der Waals surface area contributed by atoms with Crippen molar-refractivity contribution in [3.8, 4) is 5.75 Å². The zero-order chi connectivity index (χ0) is 15.1. The van der Waals surface area contributed by atoms with Gasteiger partial charge in [-0.05, 0) is 37.3 Å². The van der Waals surface area contributed by atoms with Crippen LogP contribution >= 0.6 is 0 Å². The molecule has 0 heterocycles. The van der Waals surface area contributed by atoms with Crippen molar-refractivity contribution in [2.24, 2.45) is 11.7 Å². The number of nitrogens with one attached hydrogen (secondary N) is 1. The molecule has 1 unspecified atom stereocenters. The van der Waals surface area contributed by atoms with E-state index in [2.05, 4.69) is 19.2 Å². The van der Waals surface area contributed by atoms with Crippen LogP contribution in [0.2, 0.25) is 0 Å². The number of benzene rings is 1. The van der Waals surface area contributed by atoms with Gasteiger partial charge in [-0.2, -0.15) is 0 Å². The highest BCUT2D eigenvalue weighted by Crippen LogP contribution is 2.22. The van der Waals surface area contributed by atoms with Gasteiger partial charge >= 0.3 is 0 Å². The summed E-state index contributed by atoms with van der Waals surface area (Å²) >= 11 is 0. The summed E-state index contributed by atoms with van der Waals surface area (Å²) in [6, 6.07) is 5.94. The molecule has 0 aliphatic carbocycles. The minimum atomic E-state index is -0.122. The van der Waals surface area contributed by atoms with Gasteiger partial charge in [-0.15, -0.1) is 0 Å². The van der Waals surface area contributed by atoms with Gasteiger partial charge in [0.25, 0.3) is 5.91 Å². The second-order valence-corrected chi connectivity index (χ2v) is 5.64. The van der Waals surface area contributed by atoms with E-state index in [-0.39, 0.29) is 18.6 Å². The van der Waals surface area contributed by atoms with Crippen molar-refractivity contribution in [2.45, 2.75) is 40.2 Å². The fraction of sp³-hybridized carbons (Fsp3) is 0.562. The Labute approximate surface area is 121 Å². The zero-order valence-corrected chi connectivity index (χ0v) is 12.9. The van der Waals surface area contributed by atoms with E-state index in [0.717, 1.165) is 23.3 Å². The smallest absolute Gasteiger partial charge is 0.258 e. The number of amides is 1. The van der Waals surface area contributed by atoms with Crippen molar-refractivity contribution in [1.29, 1.82) is 0 Å². The summed E-state index contributed by atoms with van der Waals surface area (Å²) in [6.07, 6.45) is 0.881. The third-order valence-corrected chi connectivity index (χ3v) is 3.16. The molecule has 3 N–H and O–H groups in total. The molecule has 1 aromatic carbocycles. The molecule has 1 atom stereocenters. The normalized spacial score (nSPS) is 12.3. The monoisotopic (exact) mass is 278 g/mol. The predicted octanol–water partition coefficient (Wildman–Crippen LogP) is 2.17. The van der Waals surface area contributed by atoms with Gasteiger partial charge in [0.1, 0.15) is 5.75 Å². The van der Waals surface area contributed by atoms with Gasteiger partial charge in [-0.3, -0.25) is 4.79 Å². The quantitative estimate of drug-likeness (QED) is 0.803. The molecule has 0 aromatic heterocycles. The van der Waals surface area contributed by atoms with E-state index in [1.807, 2.05) is 32.0 Å². The van der Waals surface area contributed by atoms with Crippen LogP contribution in [0.15, 0.2) is 18.2 Å². The van der Waals surface area contributed by atoms with Crippen molar-refractivity contribution in [3.05, 3.63) is 29.3 Å². The Kier molecular flexibility index (Phi) is 6.52. The van der Waals surface area contributed by atoms with E-state index >= 15 is 0 Å². The molecule has 4 heteroatoms. The SMILES string of the molecule is Cc1cccc(C)c1OCC(=O)NC(CN)CC(C)C. The van der Waals surface area contributed by atoms with Crippen LogP contribution in [-0.2, 0) is 4.79 Å². The number of nitrogens with two attached hydrogens (primary N) is 1. The Balaban J connectivity index is 2.51. The Morgan fingerprint density at radius 2 is 1.90 bits per heavy atom. The molecule has 0 radical (unpaired) electrons. The molecule has 0 fully saturated rings. The van der Waals surface area contributed by atoms with E-state index in [1.54, 1.807) is 0 Å². The van der Waals surface area contributed by atoms with Crippen molar-refractivity contribution in [3.63, 3.8) is 0 Å². The molecule has 1 amide bonds. The number of ether oxygens (including phenoxy) is 1. The third-order valence-electron chi connectivity index (χ3n) is 3.16. The van der Waals surface area contributed by atoms with Crippen molar-refractivity contribution in [1.82, 2.24) is 5.32 Å². The van der Waals surface area contributed by atoms with Gasteiger partial charge in [0.15, 0.2) is 6.61 Å². The van der Waals surface area contributed by atoms with Gasteiger partial charge < -0.3 is 15.8 Å². The highest BCUT2D eigenvalue weighted by molar-refractivity contribution is 5.78. The van der Waals surface area contributed by atoms with Crippen LogP contribution in [0.1, 0.15) is 31.4 Å². The Morgan fingerprint density at radius 3 is 2.40 bits per heavy atom. The lowest BCUT2D eigenvalue weighted by Crippen LogP contribution is -2.43. The highest BCUT2D eigenvalue weighted by atomic mass is 16.5. The first-order valence-corrected chi connectivity index (χ1v) is 7.12. The largest absolute Gasteiger partial charge is 0.483 e. The average molecular weight is 278 g/mol. The lowest BCUT2D eigenvalue weighted by molar-refractivity contribution is -0.123. The van der Waals surface area contributed by atoms with Gasteiger partial charge in [0.05, 0.1) is 0 Å². The first kappa shape index (κ1) is 16.5. The molecule has 0 saturated carbocycles. The van der Waals surface area contributed by atoms with Crippen molar-refractivity contribution >= 4 is 5.91 Å². The molecule has 0 saturated heterocycles. The third kappa shape index (κ3) is 5.21. The number of rotatable bonds is 7. The summed E-state index contributed by atoms with van der Waals surface area (Å²) in [5.74, 6) is 1.17. The summed E-state index contributed by atoms with van der Waals surface area (Å²) in [4.78, 5) is 11.9. The number of carbonyl (C=O) groups is 1. The standard InChI is InChI=1S/C16H26N2O2/c1-11(2)8-14(9-17)18-15(19)10-20-16-12(3)6-5-7-13(16)4/h5-7,11,14H,8-10,17H2,1-4H3,(H,18,19). The lowest BCUT2D eigenvalue weighted by atomic mass is 10.0. The van der Waals surface area contributed by atoms with Crippen LogP contribution in [0.3, 0.4) is 0 Å². The summed E-state index contributed by atoms with van der Waals surface area (Å²) in [6.45, 7) is 8.65. The van der Waals surface area contributed by atoms with Crippen molar-refractivity contribution in [2.75, 3.05) is 13.2 Å². The Bertz CT molecular complexity index is 424. The molecule has 1 aromatic rings. The highest BCUT2D eigenvalue weighted by Gasteiger charge is 2.13. The molecule has 20 heavy (non-hydrogen) atoms. The van der Waals surface area contributed by atoms with Gasteiger partial charge in [-0.25, -0.2) is 0 Å². The number of hydrogen-bond acceptors (Lipinski definition) is 3. The summed E-state index contributed by atoms with van der Waals surface area (Å²) < 4.78 is 5.63. The van der Waals surface area contributed by atoms with Crippen LogP contribution in [0.4, 0.5) is 0 Å². The molecule has 1 rings (SSSR count). The number of aryl methyl sites for hydroxylation is 2. The van der Waals surface area contributed by atoms with Crippen LogP contribution in [0.25, 0.3) is 0 Å². The maximum Gasteiger partial charge on any atom is 0.258 e. The second kappa shape index (κ2) is 7.90. The molecule has 0 spiro atoms. The molecule has 112 valence electrons. The molecule has 4 nitrogen and oxygen atoms in total. The second-order valence-electron chi connectivity index (χ2n) is 5.64. The van der Waals surface area contributed by atoms with Crippen LogP contribution in [-0.4, -0.2) is 25.1 Å². The van der Waals surface area contributed by atoms with Gasteiger partial charge in [-0.1, -0.05) is 32.0 Å². The summed E-state index contributed by atoms with van der Waals surface area (Å²) in [5.41, 5.74) is 7.74. The first-order chi connectivity index (χ1) is 9.43. The minimum Gasteiger partial charge on any atom is -0.483 e. The van der Waals surface area contributed by atoms with E-state index < -0.39 is 0 Å².